The Morgan fingerprint density at radius 3 is 2.38 bits per heavy atom. The first-order valence-electron chi connectivity index (χ1n) is 7.65. The summed E-state index contributed by atoms with van der Waals surface area (Å²) >= 11 is 10.7. The minimum absolute atomic E-state index is 0.0698. The molecule has 0 bridgehead atoms. The van der Waals surface area contributed by atoms with Crippen LogP contribution in [0.3, 0.4) is 0 Å². The van der Waals surface area contributed by atoms with Gasteiger partial charge >= 0.3 is 159 Å². The second-order valence-electron chi connectivity index (χ2n) is 5.94. The SMILES string of the molecule is CI1C(=O)CC(c2ccc(Cl)cc2)c2cc(Cl)c3ccccc3c21. The van der Waals surface area contributed by atoms with Crippen LogP contribution in [0.25, 0.3) is 10.8 Å². The standard InChI is InChI=1S/C20H15Cl2IO/c1-23-19(24)11-16(12-6-8-13(21)9-7-12)17-10-18(22)14-4-2-3-5-15(14)20(17)23/h2-10,16H,11H2,1H3. The Morgan fingerprint density at radius 2 is 1.67 bits per heavy atom. The van der Waals surface area contributed by atoms with Gasteiger partial charge in [-0.3, -0.25) is 0 Å². The minimum atomic E-state index is -1.85. The molecule has 24 heavy (non-hydrogen) atoms. The molecule has 0 radical (unpaired) electrons. The summed E-state index contributed by atoms with van der Waals surface area (Å²) in [6.07, 6.45) is 0.574. The van der Waals surface area contributed by atoms with Gasteiger partial charge in [0.05, 0.1) is 0 Å². The zero-order valence-corrected chi connectivity index (χ0v) is 16.7. The van der Waals surface area contributed by atoms with Crippen LogP contribution in [0.5, 0.6) is 0 Å². The molecule has 122 valence electrons. The molecule has 1 nitrogen and oxygen atoms in total. The van der Waals surface area contributed by atoms with Crippen LogP contribution in [0.1, 0.15) is 23.5 Å². The Labute approximate surface area is 158 Å². The van der Waals surface area contributed by atoms with E-state index in [4.69, 9.17) is 23.2 Å². The Kier molecular flexibility index (Phi) is 4.31. The van der Waals surface area contributed by atoms with E-state index in [2.05, 4.69) is 17.1 Å². The first-order valence-corrected chi connectivity index (χ1v) is 12.7. The molecular formula is C20H15Cl2IO. The van der Waals surface area contributed by atoms with Gasteiger partial charge in [-0.2, -0.15) is 0 Å². The molecule has 3 aromatic carbocycles. The van der Waals surface area contributed by atoms with Crippen molar-refractivity contribution in [3.63, 3.8) is 0 Å². The molecule has 1 aliphatic heterocycles. The van der Waals surface area contributed by atoms with Gasteiger partial charge in [0.1, 0.15) is 0 Å². The molecule has 0 spiro atoms. The molecule has 0 aromatic heterocycles. The van der Waals surface area contributed by atoms with Gasteiger partial charge in [0.15, 0.2) is 0 Å². The van der Waals surface area contributed by atoms with Crippen LogP contribution in [0, 0.1) is 3.57 Å². The van der Waals surface area contributed by atoms with Crippen LogP contribution in [-0.2, 0) is 4.79 Å². The van der Waals surface area contributed by atoms with Crippen molar-refractivity contribution in [3.05, 3.63) is 79.3 Å². The van der Waals surface area contributed by atoms with Crippen LogP contribution >= 0.6 is 43.0 Å². The molecule has 0 saturated heterocycles. The molecule has 1 unspecified atom stereocenters. The molecule has 4 heteroatoms. The third kappa shape index (κ3) is 2.65. The van der Waals surface area contributed by atoms with Gasteiger partial charge in [0, 0.05) is 0 Å². The van der Waals surface area contributed by atoms with Gasteiger partial charge < -0.3 is 0 Å². The molecule has 3 aromatic rings. The second kappa shape index (κ2) is 6.32. The summed E-state index contributed by atoms with van der Waals surface area (Å²) in [7, 11) is 0. The van der Waals surface area contributed by atoms with Gasteiger partial charge in [-0.15, -0.1) is 0 Å². The number of hydrogen-bond donors (Lipinski definition) is 0. The summed E-state index contributed by atoms with van der Waals surface area (Å²) in [4.78, 5) is 14.9. The number of carbonyl (C=O) groups excluding carboxylic acids is 1. The summed E-state index contributed by atoms with van der Waals surface area (Å²) in [6.45, 7) is 0. The van der Waals surface area contributed by atoms with Gasteiger partial charge in [-0.25, -0.2) is 0 Å². The molecule has 0 fully saturated rings. The molecular weight excluding hydrogens is 454 g/mol. The Morgan fingerprint density at radius 1 is 1.00 bits per heavy atom. The number of hydrogen-bond acceptors (Lipinski definition) is 1. The average molecular weight is 469 g/mol. The monoisotopic (exact) mass is 468 g/mol. The van der Waals surface area contributed by atoms with Gasteiger partial charge in [0.2, 0.25) is 0 Å². The van der Waals surface area contributed by atoms with Crippen LogP contribution < -0.4 is 0 Å². The Hall–Kier alpha value is -1.10. The van der Waals surface area contributed by atoms with Crippen molar-refractivity contribution >= 4 is 57.6 Å². The van der Waals surface area contributed by atoms with E-state index in [9.17, 15) is 4.79 Å². The summed E-state index contributed by atoms with van der Waals surface area (Å²) in [6, 6.07) is 18.1. The fourth-order valence-corrected chi connectivity index (χ4v) is 8.29. The number of halogens is 3. The van der Waals surface area contributed by atoms with Crippen LogP contribution in [0.4, 0.5) is 0 Å². The molecule has 0 saturated carbocycles. The van der Waals surface area contributed by atoms with E-state index in [-0.39, 0.29) is 5.92 Å². The van der Waals surface area contributed by atoms with E-state index >= 15 is 0 Å². The van der Waals surface area contributed by atoms with Crippen LogP contribution in [0.2, 0.25) is 10.0 Å². The molecule has 0 amide bonds. The van der Waals surface area contributed by atoms with E-state index < -0.39 is 19.8 Å². The van der Waals surface area contributed by atoms with Crippen molar-refractivity contribution in [1.29, 1.82) is 0 Å². The zero-order valence-electron chi connectivity index (χ0n) is 13.0. The number of alkyl halides is 1. The van der Waals surface area contributed by atoms with Crippen molar-refractivity contribution in [1.82, 2.24) is 0 Å². The molecule has 4 rings (SSSR count). The van der Waals surface area contributed by atoms with Crippen molar-refractivity contribution in [2.45, 2.75) is 12.3 Å². The maximum atomic E-state index is 12.7. The van der Waals surface area contributed by atoms with E-state index in [1.165, 1.54) is 9.13 Å². The zero-order chi connectivity index (χ0) is 16.8. The predicted molar refractivity (Wildman–Crippen MR) is 111 cm³/mol. The number of benzene rings is 3. The fraction of sp³-hybridized carbons (Fsp3) is 0.150. The molecule has 0 aliphatic carbocycles. The number of fused-ring (bicyclic) bond motifs is 3. The third-order valence-corrected chi connectivity index (χ3v) is 10.2. The van der Waals surface area contributed by atoms with Crippen molar-refractivity contribution in [3.8, 4) is 0 Å². The molecule has 1 heterocycles. The second-order valence-corrected chi connectivity index (χ2v) is 11.8. The van der Waals surface area contributed by atoms with Gasteiger partial charge in [0.25, 0.3) is 0 Å². The summed E-state index contributed by atoms with van der Waals surface area (Å²) < 4.78 is 1.70. The normalized spacial score (nSPS) is 18.7. The average Bonchev–Trinajstić information content (AvgIpc) is 2.59. The van der Waals surface area contributed by atoms with Crippen molar-refractivity contribution in [2.24, 2.45) is 0 Å². The van der Waals surface area contributed by atoms with E-state index in [0.717, 1.165) is 21.4 Å². The summed E-state index contributed by atoms with van der Waals surface area (Å²) in [5, 5.41) is 3.68. The van der Waals surface area contributed by atoms with Gasteiger partial charge in [-0.1, -0.05) is 0 Å². The summed E-state index contributed by atoms with van der Waals surface area (Å²) in [5.41, 5.74) is 2.36. The van der Waals surface area contributed by atoms with E-state index in [1.54, 1.807) is 0 Å². The van der Waals surface area contributed by atoms with E-state index in [1.807, 2.05) is 42.5 Å². The van der Waals surface area contributed by atoms with Crippen molar-refractivity contribution in [2.75, 3.05) is 4.93 Å². The van der Waals surface area contributed by atoms with Crippen LogP contribution in [-0.4, -0.2) is 8.72 Å². The topological polar surface area (TPSA) is 17.1 Å². The maximum absolute atomic E-state index is 12.7. The quantitative estimate of drug-likeness (QED) is 0.226. The third-order valence-electron chi connectivity index (χ3n) is 4.57. The molecule has 1 atom stereocenters. The predicted octanol–water partition coefficient (Wildman–Crippen LogP) is 6.51. The van der Waals surface area contributed by atoms with Gasteiger partial charge in [-0.05, 0) is 0 Å². The first-order chi connectivity index (χ1) is 11.6. The Bertz CT molecular complexity index is 950. The van der Waals surface area contributed by atoms with Crippen LogP contribution in [0.15, 0.2) is 54.6 Å². The molecule has 0 N–H and O–H groups in total. The summed E-state index contributed by atoms with van der Waals surface area (Å²) in [5.74, 6) is 0.0698. The van der Waals surface area contributed by atoms with Crippen molar-refractivity contribution < 1.29 is 4.79 Å². The number of carbonyl (C=O) groups is 1. The number of rotatable bonds is 1. The van der Waals surface area contributed by atoms with E-state index in [0.29, 0.717) is 15.2 Å². The molecule has 1 aliphatic rings. The Balaban J connectivity index is 2.00. The first kappa shape index (κ1) is 16.4. The fourth-order valence-electron chi connectivity index (χ4n) is 3.37.